The molecule has 162 valence electrons. The Morgan fingerprint density at radius 3 is 1.50 bits per heavy atom. The van der Waals surface area contributed by atoms with Crippen LogP contribution in [0.15, 0.2) is 60.7 Å². The second-order valence-corrected chi connectivity index (χ2v) is 5.83. The highest BCUT2D eigenvalue weighted by atomic mass is 17.2. The highest BCUT2D eigenvalue weighted by Gasteiger charge is 2.29. The fraction of sp³-hybridized carbons (Fsp3) is 0.250. The first-order chi connectivity index (χ1) is 14.3. The van der Waals surface area contributed by atoms with E-state index in [0.717, 1.165) is 0 Å². The van der Waals surface area contributed by atoms with Gasteiger partial charge >= 0.3 is 11.9 Å². The fourth-order valence-electron chi connectivity index (χ4n) is 1.94. The van der Waals surface area contributed by atoms with Gasteiger partial charge in [0.25, 0.3) is 0 Å². The van der Waals surface area contributed by atoms with Gasteiger partial charge in [0.1, 0.15) is 24.4 Å². The summed E-state index contributed by atoms with van der Waals surface area (Å²) in [5, 5.41) is 43.5. The third-order valence-electron chi connectivity index (χ3n) is 3.63. The summed E-state index contributed by atoms with van der Waals surface area (Å²) >= 11 is 0. The molecular formula is C20H22O10. The molecular weight excluding hydrogens is 400 g/mol. The van der Waals surface area contributed by atoms with Crippen LogP contribution in [0.3, 0.4) is 0 Å². The van der Waals surface area contributed by atoms with Gasteiger partial charge in [0.2, 0.25) is 0 Å². The van der Waals surface area contributed by atoms with Crippen LogP contribution in [0.1, 0.15) is 20.7 Å². The van der Waals surface area contributed by atoms with Crippen LogP contribution in [-0.4, -0.2) is 74.8 Å². The predicted molar refractivity (Wildman–Crippen MR) is 101 cm³/mol. The Labute approximate surface area is 171 Å². The van der Waals surface area contributed by atoms with Crippen molar-refractivity contribution in [2.45, 2.75) is 24.4 Å². The molecule has 4 atom stereocenters. The van der Waals surface area contributed by atoms with Crippen molar-refractivity contribution >= 4 is 18.2 Å². The molecule has 0 spiro atoms. The Morgan fingerprint density at radius 2 is 1.17 bits per heavy atom. The van der Waals surface area contributed by atoms with Crippen molar-refractivity contribution in [2.24, 2.45) is 0 Å². The molecule has 2 aromatic carbocycles. The average molecular weight is 422 g/mol. The fourth-order valence-corrected chi connectivity index (χ4v) is 1.94. The van der Waals surface area contributed by atoms with Crippen LogP contribution in [0, 0.1) is 0 Å². The third-order valence-corrected chi connectivity index (χ3v) is 3.63. The summed E-state index contributed by atoms with van der Waals surface area (Å²) in [6, 6.07) is 16.6. The number of rotatable bonds is 7. The standard InChI is InChI=1S/C14H10O4.C6H12O6/c15-13(11-7-3-1-4-8-11)17-18-14(16)12-9-5-2-6-10-12;7-1-3(9)5(11)6(12)4(10)2-8/h1-10H;1,3-6,8-12H,2H2/t;3-,4+,5+,6+/m.0/s1. The van der Waals surface area contributed by atoms with Gasteiger partial charge in [0, 0.05) is 0 Å². The summed E-state index contributed by atoms with van der Waals surface area (Å²) < 4.78 is 0. The summed E-state index contributed by atoms with van der Waals surface area (Å²) in [4.78, 5) is 41.8. The number of hydrogen-bond donors (Lipinski definition) is 5. The number of hydrogen-bond acceptors (Lipinski definition) is 10. The first-order valence-electron chi connectivity index (χ1n) is 8.63. The molecule has 5 N–H and O–H groups in total. The van der Waals surface area contributed by atoms with Crippen LogP contribution in [0.5, 0.6) is 0 Å². The van der Waals surface area contributed by atoms with Gasteiger partial charge in [-0.3, -0.25) is 0 Å². The monoisotopic (exact) mass is 422 g/mol. The van der Waals surface area contributed by atoms with E-state index in [1.54, 1.807) is 60.7 Å². The SMILES string of the molecule is O=C(OOC(=O)c1ccccc1)c1ccccc1.O=C[C@H](O)[C@@H](O)[C@H](O)[C@H](O)CO. The smallest absolute Gasteiger partial charge is 0.386 e. The lowest BCUT2D eigenvalue weighted by atomic mass is 10.0. The van der Waals surface area contributed by atoms with E-state index in [0.29, 0.717) is 11.1 Å². The van der Waals surface area contributed by atoms with E-state index in [2.05, 4.69) is 9.78 Å². The highest BCUT2D eigenvalue weighted by molar-refractivity contribution is 5.92. The van der Waals surface area contributed by atoms with Gasteiger partial charge in [-0.05, 0) is 24.3 Å². The van der Waals surface area contributed by atoms with Gasteiger partial charge in [-0.2, -0.15) is 0 Å². The molecule has 10 heteroatoms. The Balaban J connectivity index is 0.000000329. The first kappa shape index (κ1) is 24.9. The molecule has 2 aromatic rings. The Morgan fingerprint density at radius 1 is 0.767 bits per heavy atom. The van der Waals surface area contributed by atoms with E-state index < -0.39 is 43.0 Å². The number of aldehydes is 1. The third kappa shape index (κ3) is 8.07. The minimum absolute atomic E-state index is 0.0258. The quantitative estimate of drug-likeness (QED) is 0.217. The first-order valence-corrected chi connectivity index (χ1v) is 8.63. The molecule has 0 aliphatic rings. The summed E-state index contributed by atoms with van der Waals surface area (Å²) in [6.07, 6.45) is -6.84. The van der Waals surface area contributed by atoms with Crippen LogP contribution in [0.25, 0.3) is 0 Å². The van der Waals surface area contributed by atoms with E-state index in [-0.39, 0.29) is 6.29 Å². The van der Waals surface area contributed by atoms with Crippen molar-refractivity contribution in [3.63, 3.8) is 0 Å². The van der Waals surface area contributed by atoms with Crippen LogP contribution in [0.2, 0.25) is 0 Å². The van der Waals surface area contributed by atoms with Crippen molar-refractivity contribution in [3.8, 4) is 0 Å². The zero-order valence-corrected chi connectivity index (χ0v) is 15.6. The summed E-state index contributed by atoms with van der Waals surface area (Å²) in [6.45, 7) is -0.760. The Hall–Kier alpha value is -3.15. The van der Waals surface area contributed by atoms with Crippen molar-refractivity contribution in [1.82, 2.24) is 0 Å². The van der Waals surface area contributed by atoms with Gasteiger partial charge in [0.05, 0.1) is 17.7 Å². The summed E-state index contributed by atoms with van der Waals surface area (Å²) in [5.74, 6) is -1.42. The minimum atomic E-state index is -1.79. The van der Waals surface area contributed by atoms with E-state index in [1.807, 2.05) is 0 Å². The molecule has 0 saturated carbocycles. The van der Waals surface area contributed by atoms with E-state index in [1.165, 1.54) is 0 Å². The van der Waals surface area contributed by atoms with E-state index in [9.17, 15) is 14.4 Å². The normalized spacial score (nSPS) is 14.2. The van der Waals surface area contributed by atoms with Crippen molar-refractivity contribution < 1.29 is 49.7 Å². The minimum Gasteiger partial charge on any atom is -0.394 e. The van der Waals surface area contributed by atoms with Gasteiger partial charge in [-0.1, -0.05) is 36.4 Å². The van der Waals surface area contributed by atoms with Crippen LogP contribution in [-0.2, 0) is 14.6 Å². The number of carbonyl (C=O) groups is 3. The average Bonchev–Trinajstić information content (AvgIpc) is 2.81. The van der Waals surface area contributed by atoms with E-state index in [4.69, 9.17) is 25.5 Å². The predicted octanol–water partition coefficient (Wildman–Crippen LogP) is -0.763. The lowest BCUT2D eigenvalue weighted by molar-refractivity contribution is -0.187. The molecule has 0 fully saturated rings. The maximum atomic E-state index is 11.5. The number of aliphatic hydroxyl groups excluding tert-OH is 5. The molecule has 0 heterocycles. The number of carbonyl (C=O) groups excluding carboxylic acids is 3. The molecule has 0 saturated heterocycles. The Kier molecular flexibility index (Phi) is 10.9. The van der Waals surface area contributed by atoms with Crippen molar-refractivity contribution in [2.75, 3.05) is 6.61 Å². The molecule has 10 nitrogen and oxygen atoms in total. The largest absolute Gasteiger partial charge is 0.394 e. The van der Waals surface area contributed by atoms with E-state index >= 15 is 0 Å². The van der Waals surface area contributed by atoms with Gasteiger partial charge in [0.15, 0.2) is 6.29 Å². The summed E-state index contributed by atoms with van der Waals surface area (Å²) in [7, 11) is 0. The zero-order valence-electron chi connectivity index (χ0n) is 15.6. The molecule has 0 bridgehead atoms. The maximum absolute atomic E-state index is 11.5. The lowest BCUT2D eigenvalue weighted by Gasteiger charge is -2.22. The molecule has 0 radical (unpaired) electrons. The van der Waals surface area contributed by atoms with Crippen LogP contribution >= 0.6 is 0 Å². The highest BCUT2D eigenvalue weighted by Crippen LogP contribution is 2.05. The topological polar surface area (TPSA) is 171 Å². The molecule has 30 heavy (non-hydrogen) atoms. The second-order valence-electron chi connectivity index (χ2n) is 5.83. The van der Waals surface area contributed by atoms with Crippen LogP contribution < -0.4 is 0 Å². The number of benzene rings is 2. The lowest BCUT2D eigenvalue weighted by Crippen LogP contribution is -2.46. The molecule has 0 aliphatic carbocycles. The van der Waals surface area contributed by atoms with Gasteiger partial charge in [-0.15, -0.1) is 0 Å². The second kappa shape index (κ2) is 13.1. The Bertz CT molecular complexity index is 729. The van der Waals surface area contributed by atoms with Crippen molar-refractivity contribution in [1.29, 1.82) is 0 Å². The molecule has 2 rings (SSSR count). The summed E-state index contributed by atoms with van der Waals surface area (Å²) in [5.41, 5.74) is 0.636. The zero-order chi connectivity index (χ0) is 22.5. The molecule has 0 aliphatic heterocycles. The molecule has 0 aromatic heterocycles. The van der Waals surface area contributed by atoms with Gasteiger partial charge in [-0.25, -0.2) is 19.4 Å². The molecule has 0 unspecified atom stereocenters. The number of aliphatic hydroxyl groups is 5. The van der Waals surface area contributed by atoms with Gasteiger partial charge < -0.3 is 30.3 Å². The maximum Gasteiger partial charge on any atom is 0.386 e. The van der Waals surface area contributed by atoms with Crippen LogP contribution in [0.4, 0.5) is 0 Å². The van der Waals surface area contributed by atoms with Crippen molar-refractivity contribution in [3.05, 3.63) is 71.8 Å². The molecule has 0 amide bonds.